The molecule has 4 rings (SSSR count). The SMILES string of the molecule is CN(CCc1c(-c2cc(C(F)(F)F)cc(C(F)(F)F)c2)[nH]c2ccccc12)C1CCCCC1. The molecule has 0 radical (unpaired) electrons. The molecule has 0 saturated heterocycles. The summed E-state index contributed by atoms with van der Waals surface area (Å²) in [7, 11) is 2.04. The minimum absolute atomic E-state index is 0.108. The Balaban J connectivity index is 1.76. The molecule has 1 heterocycles. The first-order valence-electron chi connectivity index (χ1n) is 11.1. The van der Waals surface area contributed by atoms with Gasteiger partial charge in [-0.1, -0.05) is 37.5 Å². The number of halogens is 6. The van der Waals surface area contributed by atoms with Gasteiger partial charge in [0.2, 0.25) is 0 Å². The van der Waals surface area contributed by atoms with Crippen LogP contribution in [0.2, 0.25) is 0 Å². The Labute approximate surface area is 188 Å². The zero-order valence-electron chi connectivity index (χ0n) is 18.3. The zero-order chi connectivity index (χ0) is 23.8. The fourth-order valence-electron chi connectivity index (χ4n) is 4.80. The van der Waals surface area contributed by atoms with Gasteiger partial charge in [0.1, 0.15) is 0 Å². The lowest BCUT2D eigenvalue weighted by Gasteiger charge is -2.31. The molecule has 0 amide bonds. The standard InChI is InChI=1S/C25H26F6N2/c1-33(19-7-3-2-4-8-19)12-11-21-20-9-5-6-10-22(20)32-23(21)16-13-17(24(26,27)28)15-18(14-16)25(29,30)31/h5-6,9-10,13-15,19,32H,2-4,7-8,11-12H2,1H3. The van der Waals surface area contributed by atoms with Crippen molar-refractivity contribution in [2.45, 2.75) is 56.9 Å². The van der Waals surface area contributed by atoms with E-state index in [-0.39, 0.29) is 11.6 Å². The molecule has 3 aromatic rings. The smallest absolute Gasteiger partial charge is 0.354 e. The van der Waals surface area contributed by atoms with E-state index in [2.05, 4.69) is 9.88 Å². The third kappa shape index (κ3) is 5.21. The summed E-state index contributed by atoms with van der Waals surface area (Å²) in [5.74, 6) is 0. The van der Waals surface area contributed by atoms with E-state index >= 15 is 0 Å². The molecule has 0 unspecified atom stereocenters. The molecular weight excluding hydrogens is 442 g/mol. The topological polar surface area (TPSA) is 19.0 Å². The van der Waals surface area contributed by atoms with Crippen molar-refractivity contribution in [2.75, 3.05) is 13.6 Å². The average Bonchev–Trinajstić information content (AvgIpc) is 3.15. The normalized spacial score (nSPS) is 16.1. The van der Waals surface area contributed by atoms with Crippen molar-refractivity contribution in [1.82, 2.24) is 9.88 Å². The van der Waals surface area contributed by atoms with Crippen LogP contribution >= 0.6 is 0 Å². The minimum atomic E-state index is -4.89. The molecule has 8 heteroatoms. The van der Waals surface area contributed by atoms with E-state index in [1.165, 1.54) is 19.3 Å². The molecule has 0 aliphatic heterocycles. The van der Waals surface area contributed by atoms with Crippen LogP contribution in [0, 0.1) is 0 Å². The quantitative estimate of drug-likeness (QED) is 0.381. The van der Waals surface area contributed by atoms with Crippen molar-refractivity contribution in [3.05, 3.63) is 59.2 Å². The van der Waals surface area contributed by atoms with Crippen LogP contribution in [0.25, 0.3) is 22.2 Å². The van der Waals surface area contributed by atoms with Gasteiger partial charge in [0, 0.05) is 29.2 Å². The predicted octanol–water partition coefficient (Wildman–Crippen LogP) is 7.68. The highest BCUT2D eigenvalue weighted by Gasteiger charge is 2.37. The molecule has 0 atom stereocenters. The Morgan fingerprint density at radius 2 is 1.48 bits per heavy atom. The summed E-state index contributed by atoms with van der Waals surface area (Å²) in [6, 6.07) is 9.47. The van der Waals surface area contributed by atoms with Gasteiger partial charge in [-0.2, -0.15) is 26.3 Å². The van der Waals surface area contributed by atoms with E-state index in [9.17, 15) is 26.3 Å². The average molecular weight is 468 g/mol. The van der Waals surface area contributed by atoms with E-state index < -0.39 is 23.5 Å². The molecule has 178 valence electrons. The van der Waals surface area contributed by atoms with Gasteiger partial charge >= 0.3 is 12.4 Å². The second kappa shape index (κ2) is 9.05. The van der Waals surface area contributed by atoms with Gasteiger partial charge in [0.05, 0.1) is 11.1 Å². The maximum atomic E-state index is 13.4. The molecule has 1 aromatic heterocycles. The van der Waals surface area contributed by atoms with Gasteiger partial charge in [0.15, 0.2) is 0 Å². The number of para-hydroxylation sites is 1. The number of hydrogen-bond acceptors (Lipinski definition) is 1. The maximum absolute atomic E-state index is 13.4. The Morgan fingerprint density at radius 1 is 0.879 bits per heavy atom. The lowest BCUT2D eigenvalue weighted by atomic mass is 9.94. The van der Waals surface area contributed by atoms with Gasteiger partial charge < -0.3 is 9.88 Å². The molecule has 1 N–H and O–H groups in total. The Hall–Kier alpha value is -2.48. The van der Waals surface area contributed by atoms with Crippen LogP contribution in [-0.2, 0) is 18.8 Å². The second-order valence-corrected chi connectivity index (χ2v) is 8.84. The Kier molecular flexibility index (Phi) is 6.49. The number of likely N-dealkylation sites (N-methyl/N-ethyl adjacent to an activating group) is 1. The van der Waals surface area contributed by atoms with E-state index in [1.807, 2.05) is 19.2 Å². The van der Waals surface area contributed by atoms with Gasteiger partial charge in [-0.15, -0.1) is 0 Å². The molecule has 1 saturated carbocycles. The van der Waals surface area contributed by atoms with Crippen LogP contribution in [0.1, 0.15) is 48.8 Å². The predicted molar refractivity (Wildman–Crippen MR) is 117 cm³/mol. The summed E-state index contributed by atoms with van der Waals surface area (Å²) in [5, 5.41) is 0.815. The van der Waals surface area contributed by atoms with Gasteiger partial charge in [-0.25, -0.2) is 0 Å². The molecule has 1 aliphatic carbocycles. The lowest BCUT2D eigenvalue weighted by molar-refractivity contribution is -0.143. The van der Waals surface area contributed by atoms with Crippen molar-refractivity contribution in [1.29, 1.82) is 0 Å². The van der Waals surface area contributed by atoms with Crippen LogP contribution in [0.4, 0.5) is 26.3 Å². The van der Waals surface area contributed by atoms with Crippen molar-refractivity contribution in [3.8, 4) is 11.3 Å². The molecule has 2 nitrogen and oxygen atoms in total. The van der Waals surface area contributed by atoms with Crippen LogP contribution in [-0.4, -0.2) is 29.5 Å². The van der Waals surface area contributed by atoms with Crippen LogP contribution in [0.3, 0.4) is 0 Å². The number of H-pyrrole nitrogens is 1. The Morgan fingerprint density at radius 3 is 2.09 bits per heavy atom. The molecule has 1 fully saturated rings. The number of aromatic amines is 1. The molecule has 0 bridgehead atoms. The summed E-state index contributed by atoms with van der Waals surface area (Å²) >= 11 is 0. The van der Waals surface area contributed by atoms with E-state index in [0.717, 1.165) is 35.9 Å². The highest BCUT2D eigenvalue weighted by Crippen LogP contribution is 2.40. The van der Waals surface area contributed by atoms with Crippen LogP contribution in [0.5, 0.6) is 0 Å². The summed E-state index contributed by atoms with van der Waals surface area (Å²) in [6.45, 7) is 0.671. The molecular formula is C25H26F6N2. The van der Waals surface area contributed by atoms with Crippen molar-refractivity contribution in [2.24, 2.45) is 0 Å². The zero-order valence-corrected chi connectivity index (χ0v) is 18.3. The monoisotopic (exact) mass is 468 g/mol. The summed E-state index contributed by atoms with van der Waals surface area (Å²) in [5.41, 5.74) is -0.990. The maximum Gasteiger partial charge on any atom is 0.416 e. The minimum Gasteiger partial charge on any atom is -0.354 e. The molecule has 0 spiro atoms. The van der Waals surface area contributed by atoms with Gasteiger partial charge in [-0.3, -0.25) is 0 Å². The largest absolute Gasteiger partial charge is 0.416 e. The second-order valence-electron chi connectivity index (χ2n) is 8.84. The summed E-state index contributed by atoms with van der Waals surface area (Å²) in [6.07, 6.45) is -3.44. The van der Waals surface area contributed by atoms with Crippen LogP contribution < -0.4 is 0 Å². The number of aromatic nitrogens is 1. The highest BCUT2D eigenvalue weighted by atomic mass is 19.4. The third-order valence-electron chi connectivity index (χ3n) is 6.60. The number of nitrogens with one attached hydrogen (secondary N) is 1. The number of fused-ring (bicyclic) bond motifs is 1. The van der Waals surface area contributed by atoms with Crippen LogP contribution in [0.15, 0.2) is 42.5 Å². The van der Waals surface area contributed by atoms with E-state index in [4.69, 9.17) is 0 Å². The lowest BCUT2D eigenvalue weighted by Crippen LogP contribution is -2.34. The molecule has 33 heavy (non-hydrogen) atoms. The van der Waals surface area contributed by atoms with Gasteiger partial charge in [-0.05, 0) is 61.7 Å². The first-order chi connectivity index (χ1) is 15.5. The van der Waals surface area contributed by atoms with E-state index in [1.54, 1.807) is 12.1 Å². The number of rotatable bonds is 5. The summed E-state index contributed by atoms with van der Waals surface area (Å²) in [4.78, 5) is 5.35. The number of alkyl halides is 6. The fraction of sp³-hybridized carbons (Fsp3) is 0.440. The highest BCUT2D eigenvalue weighted by molar-refractivity contribution is 5.91. The first-order valence-corrected chi connectivity index (χ1v) is 11.1. The first kappa shape index (κ1) is 23.7. The van der Waals surface area contributed by atoms with E-state index in [0.29, 0.717) is 30.2 Å². The van der Waals surface area contributed by atoms with Crippen molar-refractivity contribution in [3.63, 3.8) is 0 Å². The third-order valence-corrected chi connectivity index (χ3v) is 6.60. The van der Waals surface area contributed by atoms with Gasteiger partial charge in [0.25, 0.3) is 0 Å². The van der Waals surface area contributed by atoms with Crippen molar-refractivity contribution < 1.29 is 26.3 Å². The Bertz CT molecular complexity index is 1070. The molecule has 2 aromatic carbocycles. The number of benzene rings is 2. The summed E-state index contributed by atoms with van der Waals surface area (Å²) < 4.78 is 80.6. The van der Waals surface area contributed by atoms with Crippen molar-refractivity contribution >= 4 is 10.9 Å². The fourth-order valence-corrected chi connectivity index (χ4v) is 4.80. The molecule has 1 aliphatic rings. The number of nitrogens with zero attached hydrogens (tertiary/aromatic N) is 1. The number of hydrogen-bond donors (Lipinski definition) is 1.